The Hall–Kier alpha value is -1.30. The van der Waals surface area contributed by atoms with Crippen molar-refractivity contribution in [3.05, 3.63) is 23.8 Å². The molecule has 0 saturated carbocycles. The van der Waals surface area contributed by atoms with Crippen LogP contribution in [0, 0.1) is 0 Å². The Morgan fingerprint density at radius 2 is 1.90 bits per heavy atom. The summed E-state index contributed by atoms with van der Waals surface area (Å²) in [6.07, 6.45) is 0.487. The predicted octanol–water partition coefficient (Wildman–Crippen LogP) is 1.81. The zero-order valence-corrected chi connectivity index (χ0v) is 13.3. The van der Waals surface area contributed by atoms with Gasteiger partial charge in [-0.2, -0.15) is 0 Å². The fraction of sp³-hybridized carbons (Fsp3) is 0.625. The molecule has 0 aromatic heterocycles. The molecule has 1 aromatic rings. The van der Waals surface area contributed by atoms with Crippen LogP contribution < -0.4 is 15.2 Å². The Kier molecular flexibility index (Phi) is 5.45. The molecule has 0 spiro atoms. The molecule has 0 amide bonds. The van der Waals surface area contributed by atoms with E-state index in [0.717, 1.165) is 36.7 Å². The second-order valence-corrected chi connectivity index (χ2v) is 5.69. The Bertz CT molecular complexity index is 457. The summed E-state index contributed by atoms with van der Waals surface area (Å²) < 4.78 is 16.5. The van der Waals surface area contributed by atoms with Crippen LogP contribution in [-0.4, -0.2) is 51.0 Å². The van der Waals surface area contributed by atoms with E-state index in [2.05, 4.69) is 18.7 Å². The fourth-order valence-electron chi connectivity index (χ4n) is 2.94. The lowest BCUT2D eigenvalue weighted by Crippen LogP contribution is -2.47. The summed E-state index contributed by atoms with van der Waals surface area (Å²) in [5, 5.41) is 0. The van der Waals surface area contributed by atoms with Gasteiger partial charge in [0, 0.05) is 31.2 Å². The van der Waals surface area contributed by atoms with Gasteiger partial charge < -0.3 is 19.9 Å². The molecule has 1 aromatic carbocycles. The standard InChI is InChI=1S/C16H26N2O3/c1-11-8-18(9-12(2)21-11)10-15(17)14-7-13(19-3)5-6-16(14)20-4/h5-7,11-12,15H,8-10,17H2,1-4H3/t11-,12+,15?. The lowest BCUT2D eigenvalue weighted by Gasteiger charge is -2.36. The molecular formula is C16H26N2O3. The van der Waals surface area contributed by atoms with Crippen LogP contribution in [0.25, 0.3) is 0 Å². The minimum Gasteiger partial charge on any atom is -0.497 e. The van der Waals surface area contributed by atoms with E-state index < -0.39 is 0 Å². The molecule has 0 aliphatic carbocycles. The van der Waals surface area contributed by atoms with Gasteiger partial charge >= 0.3 is 0 Å². The van der Waals surface area contributed by atoms with Gasteiger partial charge in [0.05, 0.1) is 26.4 Å². The predicted molar refractivity (Wildman–Crippen MR) is 82.9 cm³/mol. The SMILES string of the molecule is COc1ccc(OC)c(C(N)CN2C[C@@H](C)O[C@@H](C)C2)c1. The van der Waals surface area contributed by atoms with E-state index in [1.807, 2.05) is 18.2 Å². The van der Waals surface area contributed by atoms with E-state index in [9.17, 15) is 0 Å². The molecule has 3 atom stereocenters. The maximum atomic E-state index is 6.40. The van der Waals surface area contributed by atoms with E-state index in [1.54, 1.807) is 14.2 Å². The van der Waals surface area contributed by atoms with Crippen molar-refractivity contribution in [3.8, 4) is 11.5 Å². The molecule has 1 aliphatic heterocycles. The van der Waals surface area contributed by atoms with E-state index in [0.29, 0.717) is 0 Å². The average Bonchev–Trinajstić information content (AvgIpc) is 2.45. The second-order valence-electron chi connectivity index (χ2n) is 5.69. The molecule has 118 valence electrons. The van der Waals surface area contributed by atoms with E-state index in [4.69, 9.17) is 19.9 Å². The third-order valence-corrected chi connectivity index (χ3v) is 3.79. The summed E-state index contributed by atoms with van der Waals surface area (Å²) in [5.74, 6) is 1.60. The number of nitrogens with two attached hydrogens (primary N) is 1. The Balaban J connectivity index is 2.10. The van der Waals surface area contributed by atoms with Crippen molar-refractivity contribution < 1.29 is 14.2 Å². The zero-order chi connectivity index (χ0) is 15.4. The monoisotopic (exact) mass is 294 g/mol. The largest absolute Gasteiger partial charge is 0.497 e. The molecule has 21 heavy (non-hydrogen) atoms. The van der Waals surface area contributed by atoms with Crippen molar-refractivity contribution in [1.82, 2.24) is 4.90 Å². The van der Waals surface area contributed by atoms with Crippen LogP contribution in [0.1, 0.15) is 25.5 Å². The Morgan fingerprint density at radius 3 is 2.48 bits per heavy atom. The first-order chi connectivity index (χ1) is 10.0. The van der Waals surface area contributed by atoms with Crippen molar-refractivity contribution in [2.45, 2.75) is 32.1 Å². The minimum atomic E-state index is -0.118. The molecule has 1 fully saturated rings. The number of methoxy groups -OCH3 is 2. The summed E-state index contributed by atoms with van der Waals surface area (Å²) in [6, 6.07) is 5.62. The summed E-state index contributed by atoms with van der Waals surface area (Å²) in [6.45, 7) is 6.79. The quantitative estimate of drug-likeness (QED) is 0.897. The third-order valence-electron chi connectivity index (χ3n) is 3.79. The number of benzene rings is 1. The lowest BCUT2D eigenvalue weighted by molar-refractivity contribution is -0.0692. The van der Waals surface area contributed by atoms with Gasteiger partial charge in [-0.1, -0.05) is 0 Å². The highest BCUT2D eigenvalue weighted by Crippen LogP contribution is 2.29. The summed E-state index contributed by atoms with van der Waals surface area (Å²) in [5.41, 5.74) is 7.37. The average molecular weight is 294 g/mol. The van der Waals surface area contributed by atoms with Gasteiger partial charge in [-0.25, -0.2) is 0 Å². The number of ether oxygens (including phenoxy) is 3. The van der Waals surface area contributed by atoms with Crippen molar-refractivity contribution in [2.75, 3.05) is 33.9 Å². The van der Waals surface area contributed by atoms with Gasteiger partial charge in [0.1, 0.15) is 11.5 Å². The number of morpholine rings is 1. The topological polar surface area (TPSA) is 57.0 Å². The van der Waals surface area contributed by atoms with Crippen LogP contribution in [-0.2, 0) is 4.74 Å². The number of hydrogen-bond acceptors (Lipinski definition) is 5. The smallest absolute Gasteiger partial charge is 0.123 e. The first-order valence-corrected chi connectivity index (χ1v) is 7.38. The highest BCUT2D eigenvalue weighted by Gasteiger charge is 2.25. The minimum absolute atomic E-state index is 0.118. The molecular weight excluding hydrogens is 268 g/mol. The van der Waals surface area contributed by atoms with Gasteiger partial charge in [-0.15, -0.1) is 0 Å². The molecule has 0 radical (unpaired) electrons. The van der Waals surface area contributed by atoms with Gasteiger partial charge in [-0.05, 0) is 32.0 Å². The Morgan fingerprint density at radius 1 is 1.24 bits per heavy atom. The van der Waals surface area contributed by atoms with Crippen LogP contribution in [0.5, 0.6) is 11.5 Å². The van der Waals surface area contributed by atoms with Crippen molar-refractivity contribution >= 4 is 0 Å². The number of rotatable bonds is 5. The first-order valence-electron chi connectivity index (χ1n) is 7.38. The lowest BCUT2D eigenvalue weighted by atomic mass is 10.0. The Labute approximate surface area is 127 Å². The normalized spacial score (nSPS) is 24.6. The summed E-state index contributed by atoms with van der Waals surface area (Å²) in [4.78, 5) is 2.35. The van der Waals surface area contributed by atoms with E-state index >= 15 is 0 Å². The molecule has 2 rings (SSSR count). The molecule has 5 heteroatoms. The molecule has 1 aliphatic rings. The van der Waals surface area contributed by atoms with Gasteiger partial charge in [0.25, 0.3) is 0 Å². The molecule has 0 bridgehead atoms. The van der Waals surface area contributed by atoms with E-state index in [1.165, 1.54) is 0 Å². The van der Waals surface area contributed by atoms with Crippen LogP contribution >= 0.6 is 0 Å². The summed E-state index contributed by atoms with van der Waals surface area (Å²) >= 11 is 0. The van der Waals surface area contributed by atoms with Gasteiger partial charge in [-0.3, -0.25) is 4.90 Å². The van der Waals surface area contributed by atoms with E-state index in [-0.39, 0.29) is 18.2 Å². The molecule has 1 heterocycles. The van der Waals surface area contributed by atoms with Crippen LogP contribution in [0.3, 0.4) is 0 Å². The maximum absolute atomic E-state index is 6.40. The number of hydrogen-bond donors (Lipinski definition) is 1. The molecule has 5 nitrogen and oxygen atoms in total. The van der Waals surface area contributed by atoms with Gasteiger partial charge in [0.15, 0.2) is 0 Å². The van der Waals surface area contributed by atoms with Crippen molar-refractivity contribution in [3.63, 3.8) is 0 Å². The number of nitrogens with zero attached hydrogens (tertiary/aromatic N) is 1. The van der Waals surface area contributed by atoms with Crippen LogP contribution in [0.15, 0.2) is 18.2 Å². The molecule has 1 saturated heterocycles. The zero-order valence-electron chi connectivity index (χ0n) is 13.3. The second kappa shape index (κ2) is 7.11. The summed E-state index contributed by atoms with van der Waals surface area (Å²) in [7, 11) is 3.32. The van der Waals surface area contributed by atoms with Crippen LogP contribution in [0.4, 0.5) is 0 Å². The molecule has 1 unspecified atom stereocenters. The van der Waals surface area contributed by atoms with Gasteiger partial charge in [0.2, 0.25) is 0 Å². The third kappa shape index (κ3) is 4.09. The highest BCUT2D eigenvalue weighted by molar-refractivity contribution is 5.42. The van der Waals surface area contributed by atoms with Crippen LogP contribution in [0.2, 0.25) is 0 Å². The van der Waals surface area contributed by atoms with Crippen molar-refractivity contribution in [2.24, 2.45) is 5.73 Å². The fourth-order valence-corrected chi connectivity index (χ4v) is 2.94. The van der Waals surface area contributed by atoms with Crippen molar-refractivity contribution in [1.29, 1.82) is 0 Å². The maximum Gasteiger partial charge on any atom is 0.123 e. The highest BCUT2D eigenvalue weighted by atomic mass is 16.5. The first kappa shape index (κ1) is 16.1. The molecule has 2 N–H and O–H groups in total.